The quantitative estimate of drug-likeness (QED) is 0.230. The Morgan fingerprint density at radius 1 is 0.686 bits per heavy atom. The van der Waals surface area contributed by atoms with Gasteiger partial charge in [-0.3, -0.25) is 0 Å². The van der Waals surface area contributed by atoms with Crippen LogP contribution in [0.1, 0.15) is 17.2 Å². The number of hydrogen-bond donors (Lipinski definition) is 1. The van der Waals surface area contributed by atoms with Crippen LogP contribution in [0.4, 0.5) is 0 Å². The number of phenols is 1. The van der Waals surface area contributed by atoms with E-state index in [4.69, 9.17) is 9.72 Å². The van der Waals surface area contributed by atoms with Gasteiger partial charge in [0.15, 0.2) is 6.10 Å². The van der Waals surface area contributed by atoms with Crippen molar-refractivity contribution in [2.75, 3.05) is 0 Å². The van der Waals surface area contributed by atoms with Crippen LogP contribution in [0.2, 0.25) is 0 Å². The second-order valence-corrected chi connectivity index (χ2v) is 10.2. The molecule has 0 amide bonds. The maximum atomic E-state index is 10.6. The Morgan fingerprint density at radius 2 is 1.31 bits per heavy atom. The lowest BCUT2D eigenvalue weighted by molar-refractivity contribution is 0.243. The highest BCUT2D eigenvalue weighted by Crippen LogP contribution is 2.49. The summed E-state index contributed by atoms with van der Waals surface area (Å²) < 4.78 is 8.65. The Balaban J connectivity index is 1.69. The topological polar surface area (TPSA) is 42.4 Å². The van der Waals surface area contributed by atoms with E-state index in [-0.39, 0.29) is 11.9 Å². The molecule has 5 heteroatoms. The van der Waals surface area contributed by atoms with Crippen LogP contribution in [0, 0.1) is 0 Å². The minimum Gasteiger partial charge on any atom is -0.507 e. The number of halogens is 2. The number of benzene rings is 4. The first-order valence-electron chi connectivity index (χ1n) is 11.2. The van der Waals surface area contributed by atoms with Crippen molar-refractivity contribution in [2.24, 2.45) is 0 Å². The first-order chi connectivity index (χ1) is 17.1. The summed E-state index contributed by atoms with van der Waals surface area (Å²) in [6.07, 6.45) is -0.336. The second-order valence-electron chi connectivity index (χ2n) is 8.39. The molecular formula is C30H19Br2NO2. The molecule has 1 aromatic heterocycles. The average molecular weight is 585 g/mol. The molecule has 0 saturated carbocycles. The predicted octanol–water partition coefficient (Wildman–Crippen LogP) is 8.80. The van der Waals surface area contributed by atoms with Crippen molar-refractivity contribution in [3.63, 3.8) is 0 Å². The Kier molecular flexibility index (Phi) is 5.67. The number of aromatic hydroxyl groups is 1. The number of hydrogen-bond acceptors (Lipinski definition) is 3. The van der Waals surface area contributed by atoms with Crippen molar-refractivity contribution in [3.8, 4) is 45.1 Å². The molecule has 0 aliphatic carbocycles. The molecule has 35 heavy (non-hydrogen) atoms. The van der Waals surface area contributed by atoms with Crippen LogP contribution in [0.25, 0.3) is 33.6 Å². The molecule has 1 N–H and O–H groups in total. The fraction of sp³-hybridized carbons (Fsp3) is 0.0333. The number of nitrogens with zero attached hydrogens (tertiary/aromatic N) is 1. The van der Waals surface area contributed by atoms with Crippen LogP contribution in [-0.2, 0) is 0 Å². The molecule has 5 aromatic rings. The summed E-state index contributed by atoms with van der Waals surface area (Å²) in [7, 11) is 0. The highest BCUT2D eigenvalue weighted by Gasteiger charge is 2.32. The zero-order valence-corrected chi connectivity index (χ0v) is 21.6. The van der Waals surface area contributed by atoms with Gasteiger partial charge in [-0.25, -0.2) is 4.98 Å². The molecule has 6 rings (SSSR count). The summed E-state index contributed by atoms with van der Waals surface area (Å²) in [4.78, 5) is 5.12. The molecule has 0 fully saturated rings. The third-order valence-electron chi connectivity index (χ3n) is 6.22. The molecule has 170 valence electrons. The van der Waals surface area contributed by atoms with Gasteiger partial charge in [0.1, 0.15) is 11.5 Å². The highest BCUT2D eigenvalue weighted by atomic mass is 79.9. The Hall–Kier alpha value is -3.41. The first kappa shape index (κ1) is 22.1. The lowest BCUT2D eigenvalue weighted by Crippen LogP contribution is -2.18. The van der Waals surface area contributed by atoms with E-state index in [0.717, 1.165) is 48.2 Å². The van der Waals surface area contributed by atoms with E-state index < -0.39 is 0 Å². The lowest BCUT2D eigenvalue weighted by atomic mass is 9.86. The van der Waals surface area contributed by atoms with Gasteiger partial charge < -0.3 is 9.84 Å². The maximum Gasteiger partial charge on any atom is 0.152 e. The smallest absolute Gasteiger partial charge is 0.152 e. The fourth-order valence-electron chi connectivity index (χ4n) is 4.55. The standard InChI is InChI=1S/C30H19Br2NO2/c31-20-13-9-18(10-14-20)24-17-25(22-5-1-3-7-26(22)34)33-29-23-6-2-4-8-27(23)35-30(28(24)29)19-11-15-21(32)16-12-19/h1-17,30,34H. The number of aromatic nitrogens is 1. The van der Waals surface area contributed by atoms with Crippen LogP contribution >= 0.6 is 31.9 Å². The van der Waals surface area contributed by atoms with Gasteiger partial charge in [-0.1, -0.05) is 80.4 Å². The van der Waals surface area contributed by atoms with Crippen molar-refractivity contribution in [1.82, 2.24) is 4.98 Å². The van der Waals surface area contributed by atoms with E-state index in [1.54, 1.807) is 6.07 Å². The predicted molar refractivity (Wildman–Crippen MR) is 147 cm³/mol. The van der Waals surface area contributed by atoms with Gasteiger partial charge >= 0.3 is 0 Å². The van der Waals surface area contributed by atoms with E-state index in [1.807, 2.05) is 66.7 Å². The minimum atomic E-state index is -0.336. The largest absolute Gasteiger partial charge is 0.507 e. The summed E-state index contributed by atoms with van der Waals surface area (Å²) in [6.45, 7) is 0. The molecule has 0 spiro atoms. The molecule has 4 aromatic carbocycles. The summed E-state index contributed by atoms with van der Waals surface area (Å²) in [5.74, 6) is 0.989. The van der Waals surface area contributed by atoms with E-state index in [1.165, 1.54) is 0 Å². The van der Waals surface area contributed by atoms with Gasteiger partial charge in [-0.2, -0.15) is 0 Å². The Morgan fingerprint density at radius 3 is 2.03 bits per heavy atom. The van der Waals surface area contributed by atoms with Gasteiger partial charge in [-0.15, -0.1) is 0 Å². The summed E-state index contributed by atoms with van der Waals surface area (Å²) >= 11 is 7.10. The van der Waals surface area contributed by atoms with Gasteiger partial charge in [0.25, 0.3) is 0 Å². The van der Waals surface area contributed by atoms with E-state index in [2.05, 4.69) is 62.2 Å². The van der Waals surface area contributed by atoms with Crippen LogP contribution in [0.3, 0.4) is 0 Å². The zero-order valence-electron chi connectivity index (χ0n) is 18.5. The minimum absolute atomic E-state index is 0.200. The van der Waals surface area contributed by atoms with Crippen molar-refractivity contribution >= 4 is 31.9 Å². The van der Waals surface area contributed by atoms with E-state index in [0.29, 0.717) is 11.3 Å². The molecule has 1 aliphatic heterocycles. The first-order valence-corrected chi connectivity index (χ1v) is 12.8. The SMILES string of the molecule is Oc1ccccc1-c1cc(-c2ccc(Br)cc2)c2c(n1)-c1ccccc1OC2c1ccc(Br)cc1. The molecule has 2 heterocycles. The third kappa shape index (κ3) is 4.05. The normalized spacial score (nSPS) is 14.1. The van der Waals surface area contributed by atoms with Crippen molar-refractivity contribution < 1.29 is 9.84 Å². The van der Waals surface area contributed by atoms with Crippen molar-refractivity contribution in [1.29, 1.82) is 0 Å². The maximum absolute atomic E-state index is 10.6. The number of ether oxygens (including phenoxy) is 1. The van der Waals surface area contributed by atoms with E-state index in [9.17, 15) is 5.11 Å². The van der Waals surface area contributed by atoms with Crippen LogP contribution in [0.15, 0.2) is 112 Å². The van der Waals surface area contributed by atoms with Crippen LogP contribution < -0.4 is 4.74 Å². The number of pyridine rings is 1. The summed E-state index contributed by atoms with van der Waals surface area (Å²) in [5, 5.41) is 10.6. The third-order valence-corrected chi connectivity index (χ3v) is 7.27. The summed E-state index contributed by atoms with van der Waals surface area (Å²) in [6, 6.07) is 33.8. The second kappa shape index (κ2) is 8.99. The van der Waals surface area contributed by atoms with Crippen LogP contribution in [-0.4, -0.2) is 10.1 Å². The molecule has 1 atom stereocenters. The molecule has 3 nitrogen and oxygen atoms in total. The zero-order chi connectivity index (χ0) is 23.9. The molecule has 1 aliphatic rings. The molecule has 0 saturated heterocycles. The number of phenolic OH excluding ortho intramolecular Hbond substituents is 1. The average Bonchev–Trinajstić information content (AvgIpc) is 2.89. The number of fused-ring (bicyclic) bond motifs is 3. The number of rotatable bonds is 3. The lowest BCUT2D eigenvalue weighted by Gasteiger charge is -2.31. The monoisotopic (exact) mass is 583 g/mol. The Bertz CT molecular complexity index is 1550. The van der Waals surface area contributed by atoms with E-state index >= 15 is 0 Å². The van der Waals surface area contributed by atoms with Gasteiger partial charge in [0.2, 0.25) is 0 Å². The van der Waals surface area contributed by atoms with Crippen molar-refractivity contribution in [2.45, 2.75) is 6.10 Å². The van der Waals surface area contributed by atoms with Gasteiger partial charge in [0.05, 0.1) is 11.4 Å². The molecule has 1 unspecified atom stereocenters. The van der Waals surface area contributed by atoms with Crippen molar-refractivity contribution in [3.05, 3.63) is 123 Å². The Labute approximate surface area is 220 Å². The fourth-order valence-corrected chi connectivity index (χ4v) is 5.07. The highest BCUT2D eigenvalue weighted by molar-refractivity contribution is 9.10. The molecule has 0 bridgehead atoms. The van der Waals surface area contributed by atoms with Gasteiger partial charge in [0, 0.05) is 25.6 Å². The van der Waals surface area contributed by atoms with Crippen LogP contribution in [0.5, 0.6) is 11.5 Å². The number of para-hydroxylation sites is 2. The van der Waals surface area contributed by atoms with Gasteiger partial charge in [-0.05, 0) is 71.3 Å². The molecular weight excluding hydrogens is 566 g/mol. The summed E-state index contributed by atoms with van der Waals surface area (Å²) in [5.41, 5.74) is 7.32. The molecule has 0 radical (unpaired) electrons.